The Kier molecular flexibility index (Phi) is 5.07. The van der Waals surface area contributed by atoms with Crippen LogP contribution in [0.4, 0.5) is 4.39 Å². The zero-order chi connectivity index (χ0) is 13.9. The lowest BCUT2D eigenvalue weighted by Crippen LogP contribution is -2.30. The first kappa shape index (κ1) is 14.9. The Balaban J connectivity index is 3.00. The molecule has 0 aliphatic heterocycles. The number of carbonyl (C=O) groups is 1. The number of ether oxygens (including phenoxy) is 1. The number of aliphatic hydroxyl groups is 2. The predicted octanol–water partition coefficient (Wildman–Crippen LogP) is 1.74. The van der Waals surface area contributed by atoms with Gasteiger partial charge in [-0.2, -0.15) is 0 Å². The molecule has 0 heterocycles. The van der Waals surface area contributed by atoms with E-state index < -0.39 is 24.0 Å². The van der Waals surface area contributed by atoms with Gasteiger partial charge in [-0.25, -0.2) is 9.18 Å². The Morgan fingerprint density at radius 2 is 2.11 bits per heavy atom. The monoisotopic (exact) mass is 276 g/mol. The van der Waals surface area contributed by atoms with Gasteiger partial charge in [0.25, 0.3) is 0 Å². The number of carbonyl (C=O) groups excluding carboxylic acids is 1. The molecule has 0 fully saturated rings. The maximum absolute atomic E-state index is 13.6. The molecule has 0 amide bonds. The van der Waals surface area contributed by atoms with Crippen LogP contribution in [-0.2, 0) is 9.53 Å². The summed E-state index contributed by atoms with van der Waals surface area (Å²) < 4.78 is 18.1. The highest BCUT2D eigenvalue weighted by molar-refractivity contribution is 6.31. The number of aryl methyl sites for hydroxylation is 1. The number of esters is 1. The molecule has 18 heavy (non-hydrogen) atoms. The first-order valence-corrected chi connectivity index (χ1v) is 5.74. The van der Waals surface area contributed by atoms with Crippen molar-refractivity contribution in [2.45, 2.75) is 26.1 Å². The van der Waals surface area contributed by atoms with Crippen LogP contribution in [0.2, 0.25) is 5.02 Å². The molecule has 1 rings (SSSR count). The molecule has 1 aromatic carbocycles. The minimum absolute atomic E-state index is 0.0553. The van der Waals surface area contributed by atoms with Gasteiger partial charge in [-0.05, 0) is 31.5 Å². The second-order valence-corrected chi connectivity index (χ2v) is 4.17. The van der Waals surface area contributed by atoms with Gasteiger partial charge in [0, 0.05) is 10.6 Å². The molecule has 0 saturated carbocycles. The summed E-state index contributed by atoms with van der Waals surface area (Å²) in [5, 5.41) is 19.5. The normalized spacial score (nSPS) is 14.1. The van der Waals surface area contributed by atoms with E-state index in [0.29, 0.717) is 5.56 Å². The lowest BCUT2D eigenvalue weighted by atomic mass is 10.0. The van der Waals surface area contributed by atoms with Gasteiger partial charge in [0.2, 0.25) is 0 Å². The second kappa shape index (κ2) is 6.13. The Labute approximate surface area is 109 Å². The predicted molar refractivity (Wildman–Crippen MR) is 63.7 cm³/mol. The zero-order valence-corrected chi connectivity index (χ0v) is 10.7. The van der Waals surface area contributed by atoms with E-state index in [1.54, 1.807) is 13.8 Å². The van der Waals surface area contributed by atoms with E-state index in [1.165, 1.54) is 6.07 Å². The van der Waals surface area contributed by atoms with Crippen LogP contribution in [0.3, 0.4) is 0 Å². The fourth-order valence-corrected chi connectivity index (χ4v) is 1.59. The zero-order valence-electron chi connectivity index (χ0n) is 9.98. The average molecular weight is 277 g/mol. The van der Waals surface area contributed by atoms with Gasteiger partial charge in [0.05, 0.1) is 6.61 Å². The summed E-state index contributed by atoms with van der Waals surface area (Å²) >= 11 is 5.80. The van der Waals surface area contributed by atoms with Crippen LogP contribution in [0.15, 0.2) is 12.1 Å². The molecular formula is C12H14ClFO4. The van der Waals surface area contributed by atoms with Crippen LogP contribution < -0.4 is 0 Å². The fourth-order valence-electron chi connectivity index (χ4n) is 1.41. The van der Waals surface area contributed by atoms with Gasteiger partial charge < -0.3 is 14.9 Å². The van der Waals surface area contributed by atoms with E-state index >= 15 is 0 Å². The summed E-state index contributed by atoms with van der Waals surface area (Å²) in [5.74, 6) is -1.76. The van der Waals surface area contributed by atoms with Crippen molar-refractivity contribution in [3.63, 3.8) is 0 Å². The molecule has 2 unspecified atom stereocenters. The Morgan fingerprint density at radius 1 is 1.50 bits per heavy atom. The number of hydrogen-bond acceptors (Lipinski definition) is 4. The van der Waals surface area contributed by atoms with Crippen molar-refractivity contribution in [2.24, 2.45) is 0 Å². The molecule has 0 aliphatic rings. The molecule has 0 saturated heterocycles. The summed E-state index contributed by atoms with van der Waals surface area (Å²) in [6, 6.07) is 2.30. The Morgan fingerprint density at radius 3 is 2.67 bits per heavy atom. The Bertz CT molecular complexity index is 450. The van der Waals surface area contributed by atoms with E-state index in [-0.39, 0.29) is 17.2 Å². The summed E-state index contributed by atoms with van der Waals surface area (Å²) in [6.45, 7) is 3.21. The van der Waals surface area contributed by atoms with Crippen molar-refractivity contribution in [2.75, 3.05) is 6.61 Å². The number of benzene rings is 1. The molecule has 6 heteroatoms. The Hall–Kier alpha value is -1.17. The largest absolute Gasteiger partial charge is 0.464 e. The molecule has 0 aromatic heterocycles. The summed E-state index contributed by atoms with van der Waals surface area (Å²) in [4.78, 5) is 11.2. The molecule has 1 aromatic rings. The summed E-state index contributed by atoms with van der Waals surface area (Å²) in [5.41, 5.74) is 0.252. The third-order valence-corrected chi connectivity index (χ3v) is 2.83. The molecule has 0 radical (unpaired) electrons. The van der Waals surface area contributed by atoms with Crippen LogP contribution in [0.25, 0.3) is 0 Å². The van der Waals surface area contributed by atoms with Crippen LogP contribution in [0.5, 0.6) is 0 Å². The number of rotatable bonds is 4. The highest BCUT2D eigenvalue weighted by Crippen LogP contribution is 2.26. The molecular weight excluding hydrogens is 263 g/mol. The maximum Gasteiger partial charge on any atom is 0.338 e. The average Bonchev–Trinajstić information content (AvgIpc) is 2.32. The smallest absolute Gasteiger partial charge is 0.338 e. The lowest BCUT2D eigenvalue weighted by Gasteiger charge is -2.18. The number of aliphatic hydroxyl groups excluding tert-OH is 2. The summed E-state index contributed by atoms with van der Waals surface area (Å²) in [6.07, 6.45) is -3.57. The van der Waals surface area contributed by atoms with Gasteiger partial charge in [-0.15, -0.1) is 0 Å². The maximum atomic E-state index is 13.6. The SMILES string of the molecule is CCOC(=O)C(O)C(O)c1cc(Cl)c(C)cc1F. The molecule has 2 N–H and O–H groups in total. The van der Waals surface area contributed by atoms with Crippen LogP contribution in [0.1, 0.15) is 24.2 Å². The van der Waals surface area contributed by atoms with Gasteiger partial charge in [-0.3, -0.25) is 0 Å². The van der Waals surface area contributed by atoms with E-state index in [2.05, 4.69) is 4.74 Å². The summed E-state index contributed by atoms with van der Waals surface area (Å²) in [7, 11) is 0. The van der Waals surface area contributed by atoms with Crippen molar-refractivity contribution in [1.29, 1.82) is 0 Å². The minimum atomic E-state index is -1.85. The third kappa shape index (κ3) is 3.19. The van der Waals surface area contributed by atoms with Gasteiger partial charge >= 0.3 is 5.97 Å². The standard InChI is InChI=1S/C12H14ClFO4/c1-3-18-12(17)11(16)10(15)7-5-8(13)6(2)4-9(7)14/h4-5,10-11,15-16H,3H2,1-2H3. The molecule has 2 atom stereocenters. The molecule has 0 spiro atoms. The third-order valence-electron chi connectivity index (χ3n) is 2.42. The van der Waals surface area contributed by atoms with Gasteiger partial charge in [0.1, 0.15) is 11.9 Å². The molecule has 0 bridgehead atoms. The topological polar surface area (TPSA) is 66.8 Å². The van der Waals surface area contributed by atoms with Crippen molar-refractivity contribution in [3.05, 3.63) is 34.1 Å². The van der Waals surface area contributed by atoms with Crippen molar-refractivity contribution in [3.8, 4) is 0 Å². The lowest BCUT2D eigenvalue weighted by molar-refractivity contribution is -0.159. The minimum Gasteiger partial charge on any atom is -0.464 e. The van der Waals surface area contributed by atoms with E-state index in [1.807, 2.05) is 0 Å². The molecule has 0 aliphatic carbocycles. The highest BCUT2D eigenvalue weighted by atomic mass is 35.5. The molecule has 4 nitrogen and oxygen atoms in total. The van der Waals surface area contributed by atoms with Crippen molar-refractivity contribution >= 4 is 17.6 Å². The van der Waals surface area contributed by atoms with E-state index in [4.69, 9.17) is 11.6 Å². The quantitative estimate of drug-likeness (QED) is 0.822. The second-order valence-electron chi connectivity index (χ2n) is 3.76. The fraction of sp³-hybridized carbons (Fsp3) is 0.417. The number of halogens is 2. The van der Waals surface area contributed by atoms with E-state index in [0.717, 1.165) is 6.07 Å². The molecule has 100 valence electrons. The van der Waals surface area contributed by atoms with Crippen molar-refractivity contribution in [1.82, 2.24) is 0 Å². The van der Waals surface area contributed by atoms with Gasteiger partial charge in [0.15, 0.2) is 6.10 Å². The van der Waals surface area contributed by atoms with Crippen LogP contribution >= 0.6 is 11.6 Å². The first-order valence-electron chi connectivity index (χ1n) is 5.36. The van der Waals surface area contributed by atoms with Crippen LogP contribution in [-0.4, -0.2) is 28.9 Å². The highest BCUT2D eigenvalue weighted by Gasteiger charge is 2.29. The number of hydrogen-bond donors (Lipinski definition) is 2. The van der Waals surface area contributed by atoms with E-state index in [9.17, 15) is 19.4 Å². The van der Waals surface area contributed by atoms with Crippen molar-refractivity contribution < 1.29 is 24.1 Å². The first-order chi connectivity index (χ1) is 8.38. The van der Waals surface area contributed by atoms with Gasteiger partial charge in [-0.1, -0.05) is 11.6 Å². The van der Waals surface area contributed by atoms with Crippen LogP contribution in [0, 0.1) is 12.7 Å².